The molecule has 1 aliphatic rings. The van der Waals surface area contributed by atoms with E-state index >= 15 is 0 Å². The van der Waals surface area contributed by atoms with Gasteiger partial charge in [0.25, 0.3) is 11.7 Å². The molecule has 1 N–H and O–H groups in total. The number of nitrogens with zero attached hydrogens (tertiary/aromatic N) is 1. The number of methoxy groups -OCH3 is 1. The number of carbonyl (C=O) groups is 2. The summed E-state index contributed by atoms with van der Waals surface area (Å²) in [6.45, 7) is 3.93. The molecule has 1 aromatic heterocycles. The second-order valence-corrected chi connectivity index (χ2v) is 7.52. The molecule has 3 aromatic rings. The molecule has 0 saturated carbocycles. The highest BCUT2D eigenvalue weighted by Gasteiger charge is 2.46. The second kappa shape index (κ2) is 9.66. The molecule has 0 aliphatic carbocycles. The number of aliphatic hydroxyl groups excluding tert-OH is 1. The van der Waals surface area contributed by atoms with Gasteiger partial charge in [-0.05, 0) is 48.0 Å². The van der Waals surface area contributed by atoms with Crippen LogP contribution in [0.4, 0.5) is 4.39 Å². The van der Waals surface area contributed by atoms with E-state index in [-0.39, 0.29) is 23.4 Å². The number of rotatable bonds is 8. The largest absolute Gasteiger partial charge is 0.507 e. The number of ketones is 1. The monoisotopic (exact) mass is 463 g/mol. The average Bonchev–Trinajstić information content (AvgIpc) is 3.45. The summed E-state index contributed by atoms with van der Waals surface area (Å²) in [7, 11) is 1.32. The van der Waals surface area contributed by atoms with Gasteiger partial charge in [-0.25, -0.2) is 4.39 Å². The lowest BCUT2D eigenvalue weighted by Crippen LogP contribution is -2.29. The van der Waals surface area contributed by atoms with E-state index in [1.807, 2.05) is 0 Å². The van der Waals surface area contributed by atoms with Gasteiger partial charge in [0.1, 0.15) is 23.9 Å². The maximum Gasteiger partial charge on any atom is 0.296 e. The minimum Gasteiger partial charge on any atom is -0.507 e. The van der Waals surface area contributed by atoms with Crippen molar-refractivity contribution in [2.75, 3.05) is 13.7 Å². The quantitative estimate of drug-likeness (QED) is 0.227. The van der Waals surface area contributed by atoms with Gasteiger partial charge in [0, 0.05) is 5.56 Å². The highest BCUT2D eigenvalue weighted by molar-refractivity contribution is 6.46. The first-order chi connectivity index (χ1) is 16.4. The number of hydrogen-bond acceptors (Lipinski definition) is 6. The molecule has 2 aromatic carbocycles. The molecule has 1 saturated heterocycles. The number of amides is 1. The van der Waals surface area contributed by atoms with Crippen LogP contribution in [0.15, 0.2) is 83.5 Å². The molecule has 0 spiro atoms. The van der Waals surface area contributed by atoms with Crippen molar-refractivity contribution in [1.82, 2.24) is 4.90 Å². The van der Waals surface area contributed by atoms with Crippen LogP contribution in [0.25, 0.3) is 5.76 Å². The van der Waals surface area contributed by atoms with E-state index in [0.29, 0.717) is 23.7 Å². The van der Waals surface area contributed by atoms with Crippen molar-refractivity contribution < 1.29 is 33.0 Å². The first-order valence-corrected chi connectivity index (χ1v) is 10.4. The van der Waals surface area contributed by atoms with E-state index in [9.17, 15) is 19.1 Å². The van der Waals surface area contributed by atoms with Crippen LogP contribution in [-0.2, 0) is 16.1 Å². The smallest absolute Gasteiger partial charge is 0.296 e. The molecule has 0 radical (unpaired) electrons. The van der Waals surface area contributed by atoms with Crippen molar-refractivity contribution in [3.8, 4) is 11.5 Å². The van der Waals surface area contributed by atoms with Gasteiger partial charge in [-0.2, -0.15) is 0 Å². The van der Waals surface area contributed by atoms with E-state index in [0.717, 1.165) is 6.07 Å². The van der Waals surface area contributed by atoms with Crippen LogP contribution in [0.1, 0.15) is 22.9 Å². The van der Waals surface area contributed by atoms with Gasteiger partial charge in [0.15, 0.2) is 11.6 Å². The highest BCUT2D eigenvalue weighted by atomic mass is 19.1. The molecule has 1 aliphatic heterocycles. The number of aliphatic hydroxyl groups is 1. The van der Waals surface area contributed by atoms with Crippen molar-refractivity contribution >= 4 is 17.4 Å². The second-order valence-electron chi connectivity index (χ2n) is 7.52. The van der Waals surface area contributed by atoms with Gasteiger partial charge in [0.2, 0.25) is 0 Å². The third-order valence-electron chi connectivity index (χ3n) is 5.44. The zero-order valence-electron chi connectivity index (χ0n) is 18.4. The molecule has 1 fully saturated rings. The van der Waals surface area contributed by atoms with Crippen LogP contribution in [0.2, 0.25) is 0 Å². The lowest BCUT2D eigenvalue weighted by molar-refractivity contribution is -0.140. The van der Waals surface area contributed by atoms with Crippen LogP contribution < -0.4 is 9.47 Å². The lowest BCUT2D eigenvalue weighted by Gasteiger charge is -2.24. The van der Waals surface area contributed by atoms with Gasteiger partial charge < -0.3 is 23.9 Å². The van der Waals surface area contributed by atoms with Crippen molar-refractivity contribution in [3.63, 3.8) is 0 Å². The summed E-state index contributed by atoms with van der Waals surface area (Å²) < 4.78 is 30.1. The molecule has 174 valence electrons. The van der Waals surface area contributed by atoms with E-state index < -0.39 is 29.3 Å². The highest BCUT2D eigenvalue weighted by Crippen LogP contribution is 2.41. The van der Waals surface area contributed by atoms with Crippen LogP contribution in [0, 0.1) is 5.82 Å². The summed E-state index contributed by atoms with van der Waals surface area (Å²) in [5.41, 5.74) is 0.457. The van der Waals surface area contributed by atoms with Crippen molar-refractivity contribution in [2.45, 2.75) is 12.6 Å². The summed E-state index contributed by atoms with van der Waals surface area (Å²) in [5.74, 6) is -1.85. The molecule has 0 unspecified atom stereocenters. The number of hydrogen-bond donors (Lipinski definition) is 1. The predicted molar refractivity (Wildman–Crippen MR) is 122 cm³/mol. The Balaban J connectivity index is 1.81. The minimum atomic E-state index is -0.927. The fraction of sp³-hybridized carbons (Fsp3) is 0.154. The SMILES string of the molecule is C=CCOc1ccc([C@@H]2C(=C(O)c3ccc(OC)c(F)c3)C(=O)C(=O)N2Cc2ccco2)cc1. The molecule has 0 bridgehead atoms. The molecule has 1 amide bonds. The third-order valence-corrected chi connectivity index (χ3v) is 5.44. The van der Waals surface area contributed by atoms with Crippen LogP contribution >= 0.6 is 0 Å². The lowest BCUT2D eigenvalue weighted by atomic mass is 9.95. The van der Waals surface area contributed by atoms with E-state index in [2.05, 4.69) is 6.58 Å². The number of carbonyl (C=O) groups excluding carboxylic acids is 2. The fourth-order valence-electron chi connectivity index (χ4n) is 3.83. The van der Waals surface area contributed by atoms with Gasteiger partial charge in [-0.3, -0.25) is 9.59 Å². The average molecular weight is 463 g/mol. The van der Waals surface area contributed by atoms with E-state index in [1.165, 1.54) is 30.4 Å². The summed E-state index contributed by atoms with van der Waals surface area (Å²) >= 11 is 0. The Morgan fingerprint density at radius 1 is 1.21 bits per heavy atom. The third kappa shape index (κ3) is 4.30. The first-order valence-electron chi connectivity index (χ1n) is 10.4. The molecule has 7 nitrogen and oxygen atoms in total. The van der Waals surface area contributed by atoms with E-state index in [4.69, 9.17) is 13.9 Å². The Labute approximate surface area is 195 Å². The Bertz CT molecular complexity index is 1250. The molecule has 8 heteroatoms. The standard InChI is InChI=1S/C26H22FNO6/c1-3-12-33-18-9-6-16(7-10-18)23-22(24(29)17-8-11-21(32-2)20(27)14-17)25(30)26(31)28(23)15-19-5-4-13-34-19/h3-11,13-14,23,29H,1,12,15H2,2H3/t23-/m1/s1. The normalized spacial score (nSPS) is 17.1. The number of furan rings is 1. The van der Waals surface area contributed by atoms with Gasteiger partial charge >= 0.3 is 0 Å². The number of halogens is 1. The molecular formula is C26H22FNO6. The Hall–Kier alpha value is -4.33. The fourth-order valence-corrected chi connectivity index (χ4v) is 3.83. The summed E-state index contributed by atoms with van der Waals surface area (Å²) in [5, 5.41) is 11.1. The van der Waals surface area contributed by atoms with Crippen molar-refractivity contribution in [1.29, 1.82) is 0 Å². The number of likely N-dealkylation sites (tertiary alicyclic amines) is 1. The zero-order chi connectivity index (χ0) is 24.2. The maximum absolute atomic E-state index is 14.3. The van der Waals surface area contributed by atoms with E-state index in [1.54, 1.807) is 42.5 Å². The molecule has 2 heterocycles. The topological polar surface area (TPSA) is 89.2 Å². The van der Waals surface area contributed by atoms with Crippen LogP contribution in [0.3, 0.4) is 0 Å². The van der Waals surface area contributed by atoms with Crippen molar-refractivity contribution in [2.24, 2.45) is 0 Å². The van der Waals surface area contributed by atoms with Crippen LogP contribution in [-0.4, -0.2) is 35.4 Å². The summed E-state index contributed by atoms with van der Waals surface area (Å²) in [6.07, 6.45) is 3.08. The molecule has 34 heavy (non-hydrogen) atoms. The maximum atomic E-state index is 14.3. The zero-order valence-corrected chi connectivity index (χ0v) is 18.4. The Kier molecular flexibility index (Phi) is 6.49. The molecule has 4 rings (SSSR count). The first kappa shape index (κ1) is 22.8. The summed E-state index contributed by atoms with van der Waals surface area (Å²) in [6, 6.07) is 13.0. The molecule has 1 atom stereocenters. The predicted octanol–water partition coefficient (Wildman–Crippen LogP) is 4.61. The van der Waals surface area contributed by atoms with Gasteiger partial charge in [0.05, 0.1) is 31.5 Å². The Morgan fingerprint density at radius 3 is 2.59 bits per heavy atom. The molecular weight excluding hydrogens is 441 g/mol. The van der Waals surface area contributed by atoms with Gasteiger partial charge in [-0.15, -0.1) is 0 Å². The number of ether oxygens (including phenoxy) is 2. The van der Waals surface area contributed by atoms with Gasteiger partial charge in [-0.1, -0.05) is 24.8 Å². The van der Waals surface area contributed by atoms with Crippen LogP contribution in [0.5, 0.6) is 11.5 Å². The number of benzene rings is 2. The van der Waals surface area contributed by atoms with Crippen molar-refractivity contribution in [3.05, 3.63) is 102 Å². The summed E-state index contributed by atoms with van der Waals surface area (Å²) in [4.78, 5) is 27.4. The Morgan fingerprint density at radius 2 is 1.97 bits per heavy atom. The minimum absolute atomic E-state index is 0.00467. The number of Topliss-reactive ketones (excluding diaryl/α,β-unsaturated/α-hetero) is 1.